The van der Waals surface area contributed by atoms with Crippen LogP contribution in [0.1, 0.15) is 0 Å². The molecule has 0 saturated carbocycles. The van der Waals surface area contributed by atoms with Gasteiger partial charge in [0.2, 0.25) is 5.95 Å². The van der Waals surface area contributed by atoms with Crippen LogP contribution in [0.4, 0.5) is 11.6 Å². The SMILES string of the molecule is Nc1cc2cnc(NCCN3CCOCC3)nc2n2c1nc1ccccc12. The van der Waals surface area contributed by atoms with Gasteiger partial charge < -0.3 is 15.8 Å². The van der Waals surface area contributed by atoms with E-state index in [-0.39, 0.29) is 0 Å². The van der Waals surface area contributed by atoms with Crippen LogP contribution >= 0.6 is 0 Å². The molecule has 1 aliphatic rings. The number of morpholine rings is 1. The molecule has 3 aromatic heterocycles. The molecule has 0 bridgehead atoms. The van der Waals surface area contributed by atoms with Crippen LogP contribution < -0.4 is 11.1 Å². The summed E-state index contributed by atoms with van der Waals surface area (Å²) in [5, 5.41) is 4.22. The maximum Gasteiger partial charge on any atom is 0.224 e. The Morgan fingerprint density at radius 1 is 1.11 bits per heavy atom. The number of anilines is 2. The lowest BCUT2D eigenvalue weighted by atomic mass is 10.3. The van der Waals surface area contributed by atoms with E-state index in [2.05, 4.69) is 20.2 Å². The largest absolute Gasteiger partial charge is 0.396 e. The number of aromatic nitrogens is 4. The van der Waals surface area contributed by atoms with E-state index in [0.717, 1.165) is 67.1 Å². The zero-order chi connectivity index (χ0) is 18.2. The van der Waals surface area contributed by atoms with Crippen LogP contribution in [0.15, 0.2) is 36.5 Å². The molecule has 4 heterocycles. The quantitative estimate of drug-likeness (QED) is 0.570. The standard InChI is InChI=1S/C19H21N7O/c20-14-11-13-12-22-19(21-5-6-25-7-9-27-10-8-25)24-17(13)26-16-4-2-1-3-15(16)23-18(14)26/h1-4,11-12H,5-10,20H2,(H,21,22,24). The van der Waals surface area contributed by atoms with E-state index in [9.17, 15) is 0 Å². The number of hydrogen-bond acceptors (Lipinski definition) is 7. The number of fused-ring (bicyclic) bond motifs is 5. The van der Waals surface area contributed by atoms with Crippen molar-refractivity contribution >= 4 is 39.3 Å². The smallest absolute Gasteiger partial charge is 0.224 e. The third-order valence-corrected chi connectivity index (χ3v) is 4.95. The minimum absolute atomic E-state index is 0.611. The molecule has 0 aliphatic carbocycles. The molecule has 8 heteroatoms. The molecule has 0 amide bonds. The van der Waals surface area contributed by atoms with E-state index in [0.29, 0.717) is 11.6 Å². The van der Waals surface area contributed by atoms with Crippen LogP contribution in [0.5, 0.6) is 0 Å². The molecule has 3 N–H and O–H groups in total. The molecule has 138 valence electrons. The Morgan fingerprint density at radius 2 is 1.96 bits per heavy atom. The molecule has 1 fully saturated rings. The lowest BCUT2D eigenvalue weighted by Gasteiger charge is -2.26. The van der Waals surface area contributed by atoms with Crippen molar-refractivity contribution in [1.82, 2.24) is 24.3 Å². The lowest BCUT2D eigenvalue weighted by Crippen LogP contribution is -2.39. The van der Waals surface area contributed by atoms with Gasteiger partial charge in [-0.1, -0.05) is 12.1 Å². The first-order valence-corrected chi connectivity index (χ1v) is 9.16. The molecule has 4 aromatic rings. The van der Waals surface area contributed by atoms with Gasteiger partial charge in [-0.15, -0.1) is 0 Å². The fraction of sp³-hybridized carbons (Fsp3) is 0.316. The van der Waals surface area contributed by atoms with Gasteiger partial charge in [-0.25, -0.2) is 9.97 Å². The van der Waals surface area contributed by atoms with Crippen LogP contribution in [-0.4, -0.2) is 63.6 Å². The van der Waals surface area contributed by atoms with Crippen molar-refractivity contribution in [1.29, 1.82) is 0 Å². The van der Waals surface area contributed by atoms with Gasteiger partial charge in [-0.2, -0.15) is 4.98 Å². The summed E-state index contributed by atoms with van der Waals surface area (Å²) in [4.78, 5) is 16.2. The number of hydrogen-bond donors (Lipinski definition) is 2. The van der Waals surface area contributed by atoms with Crippen LogP contribution in [0.25, 0.3) is 27.7 Å². The second-order valence-electron chi connectivity index (χ2n) is 6.71. The van der Waals surface area contributed by atoms with E-state index in [1.165, 1.54) is 0 Å². The van der Waals surface area contributed by atoms with Crippen molar-refractivity contribution in [2.75, 3.05) is 50.4 Å². The summed E-state index contributed by atoms with van der Waals surface area (Å²) in [7, 11) is 0. The molecular weight excluding hydrogens is 342 g/mol. The number of nitrogens with zero attached hydrogens (tertiary/aromatic N) is 5. The number of para-hydroxylation sites is 2. The first-order chi connectivity index (χ1) is 13.3. The fourth-order valence-corrected chi connectivity index (χ4v) is 3.56. The van der Waals surface area contributed by atoms with Crippen molar-refractivity contribution in [2.45, 2.75) is 0 Å². The van der Waals surface area contributed by atoms with Crippen molar-refractivity contribution in [2.24, 2.45) is 0 Å². The van der Waals surface area contributed by atoms with E-state index in [4.69, 9.17) is 15.5 Å². The Labute approximate surface area is 156 Å². The second kappa shape index (κ2) is 6.64. The highest BCUT2D eigenvalue weighted by atomic mass is 16.5. The van der Waals surface area contributed by atoms with Gasteiger partial charge in [0.25, 0.3) is 0 Å². The van der Waals surface area contributed by atoms with E-state index < -0.39 is 0 Å². The molecule has 0 spiro atoms. The molecule has 1 aliphatic heterocycles. The second-order valence-corrected chi connectivity index (χ2v) is 6.71. The highest BCUT2D eigenvalue weighted by molar-refractivity contribution is 5.93. The number of nitrogens with two attached hydrogens (primary N) is 1. The molecule has 0 atom stereocenters. The molecule has 8 nitrogen and oxygen atoms in total. The minimum Gasteiger partial charge on any atom is -0.396 e. The molecule has 1 saturated heterocycles. The van der Waals surface area contributed by atoms with Gasteiger partial charge in [0.05, 0.1) is 29.9 Å². The first kappa shape index (κ1) is 16.2. The summed E-state index contributed by atoms with van der Waals surface area (Å²) in [5.74, 6) is 0.611. The fourth-order valence-electron chi connectivity index (χ4n) is 3.56. The van der Waals surface area contributed by atoms with Crippen molar-refractivity contribution in [3.8, 4) is 0 Å². The molecule has 5 rings (SSSR count). The van der Waals surface area contributed by atoms with E-state index in [1.807, 2.05) is 40.9 Å². The summed E-state index contributed by atoms with van der Waals surface area (Å²) in [5.41, 5.74) is 10.3. The van der Waals surface area contributed by atoms with Crippen LogP contribution in [0.2, 0.25) is 0 Å². The number of ether oxygens (including phenoxy) is 1. The highest BCUT2D eigenvalue weighted by Crippen LogP contribution is 2.26. The Balaban J connectivity index is 1.50. The Morgan fingerprint density at radius 3 is 2.85 bits per heavy atom. The highest BCUT2D eigenvalue weighted by Gasteiger charge is 2.13. The van der Waals surface area contributed by atoms with Crippen molar-refractivity contribution in [3.63, 3.8) is 0 Å². The number of nitrogens with one attached hydrogen (secondary N) is 1. The van der Waals surface area contributed by atoms with Gasteiger partial charge in [-0.3, -0.25) is 9.30 Å². The number of nitrogen functional groups attached to an aromatic ring is 1. The predicted molar refractivity (Wildman–Crippen MR) is 106 cm³/mol. The summed E-state index contributed by atoms with van der Waals surface area (Å²) in [6.45, 7) is 5.28. The Hall–Kier alpha value is -2.97. The van der Waals surface area contributed by atoms with Gasteiger partial charge in [-0.05, 0) is 18.2 Å². The maximum atomic E-state index is 6.22. The molecule has 0 radical (unpaired) electrons. The monoisotopic (exact) mass is 363 g/mol. The topological polar surface area (TPSA) is 93.6 Å². The summed E-state index contributed by atoms with van der Waals surface area (Å²) >= 11 is 0. The number of rotatable bonds is 4. The zero-order valence-electron chi connectivity index (χ0n) is 14.9. The van der Waals surface area contributed by atoms with Gasteiger partial charge in [0.1, 0.15) is 0 Å². The van der Waals surface area contributed by atoms with Crippen LogP contribution in [0.3, 0.4) is 0 Å². The first-order valence-electron chi connectivity index (χ1n) is 9.16. The number of imidazole rings is 1. The zero-order valence-corrected chi connectivity index (χ0v) is 14.9. The molecule has 27 heavy (non-hydrogen) atoms. The summed E-state index contributed by atoms with van der Waals surface area (Å²) in [6.07, 6.45) is 1.81. The normalized spacial score (nSPS) is 15.7. The average Bonchev–Trinajstić information content (AvgIpc) is 3.10. The van der Waals surface area contributed by atoms with Gasteiger partial charge in [0.15, 0.2) is 11.3 Å². The Kier molecular flexibility index (Phi) is 3.99. The lowest BCUT2D eigenvalue weighted by molar-refractivity contribution is 0.0398. The van der Waals surface area contributed by atoms with Gasteiger partial charge >= 0.3 is 0 Å². The average molecular weight is 363 g/mol. The van der Waals surface area contributed by atoms with Gasteiger partial charge in [0, 0.05) is 37.8 Å². The van der Waals surface area contributed by atoms with E-state index in [1.54, 1.807) is 0 Å². The Bertz CT molecular complexity index is 1120. The number of pyridine rings is 1. The number of benzene rings is 1. The van der Waals surface area contributed by atoms with Crippen molar-refractivity contribution < 1.29 is 4.74 Å². The van der Waals surface area contributed by atoms with E-state index >= 15 is 0 Å². The summed E-state index contributed by atoms with van der Waals surface area (Å²) < 4.78 is 7.39. The third-order valence-electron chi connectivity index (χ3n) is 4.95. The third kappa shape index (κ3) is 2.92. The van der Waals surface area contributed by atoms with Crippen LogP contribution in [0, 0.1) is 0 Å². The molecule has 0 unspecified atom stereocenters. The predicted octanol–water partition coefficient (Wildman–Crippen LogP) is 1.76. The molecular formula is C19H21N7O. The maximum absolute atomic E-state index is 6.22. The minimum atomic E-state index is 0.611. The summed E-state index contributed by atoms with van der Waals surface area (Å²) in [6, 6.07) is 9.86. The van der Waals surface area contributed by atoms with Crippen LogP contribution in [-0.2, 0) is 4.74 Å². The molecule has 1 aromatic carbocycles. The van der Waals surface area contributed by atoms with Crippen molar-refractivity contribution in [3.05, 3.63) is 36.5 Å².